The quantitative estimate of drug-likeness (QED) is 0.844. The zero-order valence-electron chi connectivity index (χ0n) is 16.6. The molecule has 1 aromatic heterocycles. The van der Waals surface area contributed by atoms with Gasteiger partial charge < -0.3 is 10.2 Å². The monoisotopic (exact) mass is 395 g/mol. The van der Waals surface area contributed by atoms with E-state index in [1.807, 2.05) is 24.0 Å². The Morgan fingerprint density at radius 2 is 1.76 bits per heavy atom. The van der Waals surface area contributed by atoms with Gasteiger partial charge in [-0.3, -0.25) is 14.6 Å². The molecule has 5 nitrogen and oxygen atoms in total. The molecule has 1 saturated heterocycles. The van der Waals surface area contributed by atoms with Crippen LogP contribution in [0.4, 0.5) is 4.39 Å². The third kappa shape index (κ3) is 4.47. The SMILES string of the molecule is Cc1cccnc1C(NC(=O)C1CCN(C(=O)C2CC2)CC1)c1ccc(F)cc1. The molecule has 4 rings (SSSR count). The van der Waals surface area contributed by atoms with Gasteiger partial charge in [0.2, 0.25) is 11.8 Å². The Hall–Kier alpha value is -2.76. The molecule has 6 heteroatoms. The van der Waals surface area contributed by atoms with Gasteiger partial charge in [0.15, 0.2) is 0 Å². The van der Waals surface area contributed by atoms with E-state index in [0.29, 0.717) is 25.9 Å². The second kappa shape index (κ2) is 8.31. The van der Waals surface area contributed by atoms with Crippen LogP contribution in [0.2, 0.25) is 0 Å². The molecule has 1 aromatic carbocycles. The van der Waals surface area contributed by atoms with Gasteiger partial charge in [0.1, 0.15) is 5.82 Å². The van der Waals surface area contributed by atoms with Crippen LogP contribution in [0.15, 0.2) is 42.6 Å². The number of likely N-dealkylation sites (tertiary alicyclic amines) is 1. The molecule has 0 radical (unpaired) electrons. The smallest absolute Gasteiger partial charge is 0.225 e. The lowest BCUT2D eigenvalue weighted by molar-refractivity contribution is -0.136. The normalized spacial score (nSPS) is 18.3. The average Bonchev–Trinajstić information content (AvgIpc) is 3.58. The minimum atomic E-state index is -0.435. The van der Waals surface area contributed by atoms with Gasteiger partial charge in [0.05, 0.1) is 11.7 Å². The molecule has 1 aliphatic heterocycles. The van der Waals surface area contributed by atoms with Crippen molar-refractivity contribution in [2.24, 2.45) is 11.8 Å². The Bertz CT molecular complexity index is 887. The maximum Gasteiger partial charge on any atom is 0.225 e. The predicted molar refractivity (Wildman–Crippen MR) is 107 cm³/mol. The largest absolute Gasteiger partial charge is 0.343 e. The van der Waals surface area contributed by atoms with Crippen molar-refractivity contribution >= 4 is 11.8 Å². The van der Waals surface area contributed by atoms with E-state index in [9.17, 15) is 14.0 Å². The van der Waals surface area contributed by atoms with E-state index in [0.717, 1.165) is 29.7 Å². The number of nitrogens with zero attached hydrogens (tertiary/aromatic N) is 2. The van der Waals surface area contributed by atoms with E-state index < -0.39 is 6.04 Å². The molecule has 0 bridgehead atoms. The van der Waals surface area contributed by atoms with Gasteiger partial charge in [0.25, 0.3) is 0 Å². The standard InChI is InChI=1S/C23H26FN3O2/c1-15-3-2-12-25-20(15)21(16-6-8-19(24)9-7-16)26-22(28)17-10-13-27(14-11-17)23(29)18-4-5-18/h2-3,6-9,12,17-18,21H,4-5,10-11,13-14H2,1H3,(H,26,28). The predicted octanol–water partition coefficient (Wildman–Crippen LogP) is 3.38. The lowest BCUT2D eigenvalue weighted by Gasteiger charge is -2.32. The van der Waals surface area contributed by atoms with Crippen LogP contribution >= 0.6 is 0 Å². The first-order valence-corrected chi connectivity index (χ1v) is 10.3. The van der Waals surface area contributed by atoms with Crippen molar-refractivity contribution in [1.29, 1.82) is 0 Å². The van der Waals surface area contributed by atoms with Gasteiger partial charge in [-0.1, -0.05) is 18.2 Å². The number of benzene rings is 1. The van der Waals surface area contributed by atoms with Crippen molar-refractivity contribution in [2.75, 3.05) is 13.1 Å². The molecule has 1 unspecified atom stereocenters. The molecule has 0 spiro atoms. The molecule has 2 fully saturated rings. The van der Waals surface area contributed by atoms with Crippen molar-refractivity contribution in [1.82, 2.24) is 15.2 Å². The first-order valence-electron chi connectivity index (χ1n) is 10.3. The highest BCUT2D eigenvalue weighted by Gasteiger charge is 2.36. The summed E-state index contributed by atoms with van der Waals surface area (Å²) in [6.07, 6.45) is 5.04. The summed E-state index contributed by atoms with van der Waals surface area (Å²) in [5.41, 5.74) is 2.52. The van der Waals surface area contributed by atoms with Gasteiger partial charge in [-0.15, -0.1) is 0 Å². The third-order valence-electron chi connectivity index (χ3n) is 5.92. The minimum absolute atomic E-state index is 0.0390. The average molecular weight is 395 g/mol. The Morgan fingerprint density at radius 1 is 1.07 bits per heavy atom. The van der Waals surface area contributed by atoms with Gasteiger partial charge >= 0.3 is 0 Å². The van der Waals surface area contributed by atoms with Gasteiger partial charge in [-0.25, -0.2) is 4.39 Å². The highest BCUT2D eigenvalue weighted by Crippen LogP contribution is 2.33. The van der Waals surface area contributed by atoms with Gasteiger partial charge in [0, 0.05) is 31.1 Å². The Balaban J connectivity index is 1.47. The van der Waals surface area contributed by atoms with E-state index in [4.69, 9.17) is 0 Å². The molecule has 1 aliphatic carbocycles. The maximum atomic E-state index is 13.4. The summed E-state index contributed by atoms with van der Waals surface area (Å²) in [5, 5.41) is 3.13. The number of carbonyl (C=O) groups excluding carboxylic acids is 2. The number of carbonyl (C=O) groups is 2. The summed E-state index contributed by atoms with van der Waals surface area (Å²) in [7, 11) is 0. The van der Waals surface area contributed by atoms with E-state index in [1.165, 1.54) is 12.1 Å². The number of aromatic nitrogens is 1. The molecule has 1 atom stereocenters. The fourth-order valence-corrected chi connectivity index (χ4v) is 3.98. The Labute approximate surface area is 170 Å². The fraction of sp³-hybridized carbons (Fsp3) is 0.435. The van der Waals surface area contributed by atoms with Crippen LogP contribution < -0.4 is 5.32 Å². The highest BCUT2D eigenvalue weighted by molar-refractivity contribution is 5.82. The molecule has 2 heterocycles. The van der Waals surface area contributed by atoms with E-state index in [-0.39, 0.29) is 29.5 Å². The third-order valence-corrected chi connectivity index (χ3v) is 5.92. The molecule has 152 valence electrons. The zero-order valence-corrected chi connectivity index (χ0v) is 16.6. The molecule has 2 aromatic rings. The van der Waals surface area contributed by atoms with Gasteiger partial charge in [-0.2, -0.15) is 0 Å². The summed E-state index contributed by atoms with van der Waals surface area (Å²) < 4.78 is 13.4. The maximum absolute atomic E-state index is 13.4. The number of pyridine rings is 1. The van der Waals surface area contributed by atoms with Crippen LogP contribution in [0.5, 0.6) is 0 Å². The first kappa shape index (κ1) is 19.6. The first-order chi connectivity index (χ1) is 14.0. The lowest BCUT2D eigenvalue weighted by Crippen LogP contribution is -2.44. The Kier molecular flexibility index (Phi) is 5.60. The second-order valence-corrected chi connectivity index (χ2v) is 8.07. The molecular weight excluding hydrogens is 369 g/mol. The van der Waals surface area contributed by atoms with Crippen molar-refractivity contribution < 1.29 is 14.0 Å². The number of piperidine rings is 1. The van der Waals surface area contributed by atoms with Crippen LogP contribution in [0.1, 0.15) is 48.5 Å². The number of aryl methyl sites for hydroxylation is 1. The molecule has 29 heavy (non-hydrogen) atoms. The topological polar surface area (TPSA) is 62.3 Å². The number of hydrogen-bond donors (Lipinski definition) is 1. The summed E-state index contributed by atoms with van der Waals surface area (Å²) in [6, 6.07) is 9.54. The van der Waals surface area contributed by atoms with E-state index >= 15 is 0 Å². The molecular formula is C23H26FN3O2. The summed E-state index contributed by atoms with van der Waals surface area (Å²) in [5.74, 6) is -0.0232. The molecule has 2 amide bonds. The van der Waals surface area contributed by atoms with Crippen molar-refractivity contribution in [3.63, 3.8) is 0 Å². The Morgan fingerprint density at radius 3 is 2.38 bits per heavy atom. The number of rotatable bonds is 5. The molecule has 1 N–H and O–H groups in total. The van der Waals surface area contributed by atoms with Crippen molar-refractivity contribution in [3.8, 4) is 0 Å². The van der Waals surface area contributed by atoms with E-state index in [2.05, 4.69) is 10.3 Å². The van der Waals surface area contributed by atoms with Crippen LogP contribution in [0.25, 0.3) is 0 Å². The fourth-order valence-electron chi connectivity index (χ4n) is 3.98. The van der Waals surface area contributed by atoms with Crippen molar-refractivity contribution in [2.45, 2.75) is 38.6 Å². The van der Waals surface area contributed by atoms with Crippen LogP contribution in [-0.2, 0) is 9.59 Å². The molecule has 2 aliphatic rings. The van der Waals surface area contributed by atoms with Crippen LogP contribution in [0, 0.1) is 24.6 Å². The van der Waals surface area contributed by atoms with Crippen molar-refractivity contribution in [3.05, 3.63) is 65.2 Å². The summed E-state index contributed by atoms with van der Waals surface area (Å²) >= 11 is 0. The number of hydrogen-bond acceptors (Lipinski definition) is 3. The minimum Gasteiger partial charge on any atom is -0.343 e. The summed E-state index contributed by atoms with van der Waals surface area (Å²) in [6.45, 7) is 3.22. The summed E-state index contributed by atoms with van der Waals surface area (Å²) in [4.78, 5) is 31.7. The van der Waals surface area contributed by atoms with Crippen LogP contribution in [0.3, 0.4) is 0 Å². The van der Waals surface area contributed by atoms with E-state index in [1.54, 1.807) is 18.3 Å². The zero-order chi connectivity index (χ0) is 20.4. The number of nitrogens with one attached hydrogen (secondary N) is 1. The number of amides is 2. The van der Waals surface area contributed by atoms with Gasteiger partial charge in [-0.05, 0) is 61.9 Å². The number of halogens is 1. The van der Waals surface area contributed by atoms with Crippen LogP contribution in [-0.4, -0.2) is 34.8 Å². The molecule has 1 saturated carbocycles. The lowest BCUT2D eigenvalue weighted by atomic mass is 9.93. The second-order valence-electron chi connectivity index (χ2n) is 8.07. The highest BCUT2D eigenvalue weighted by atomic mass is 19.1.